The summed E-state index contributed by atoms with van der Waals surface area (Å²) in [6.07, 6.45) is 1.70. The second-order valence-corrected chi connectivity index (χ2v) is 3.12. The third kappa shape index (κ3) is 1.11. The molecule has 64 valence electrons. The lowest BCUT2D eigenvalue weighted by Gasteiger charge is -2.18. The largest absolute Gasteiger partial charge is 0.300 e. The molecule has 1 unspecified atom stereocenters. The van der Waals surface area contributed by atoms with Crippen LogP contribution in [0.4, 0.5) is 0 Å². The molecule has 0 saturated carbocycles. The van der Waals surface area contributed by atoms with Gasteiger partial charge in [-0.25, -0.2) is 4.68 Å². The van der Waals surface area contributed by atoms with Gasteiger partial charge >= 0.3 is 0 Å². The van der Waals surface area contributed by atoms with Gasteiger partial charge in [-0.15, -0.1) is 5.10 Å². The first kappa shape index (κ1) is 7.39. The molecule has 0 N–H and O–H groups in total. The molecule has 0 bridgehead atoms. The van der Waals surface area contributed by atoms with Gasteiger partial charge in [0.25, 0.3) is 0 Å². The molecule has 0 aliphatic carbocycles. The molecule has 2 heterocycles. The summed E-state index contributed by atoms with van der Waals surface area (Å²) < 4.78 is 1.72. The Morgan fingerprint density at radius 2 is 2.50 bits per heavy atom. The van der Waals surface area contributed by atoms with Crippen LogP contribution < -0.4 is 0 Å². The fourth-order valence-corrected chi connectivity index (χ4v) is 1.48. The number of hydrogen-bond acceptors (Lipinski definition) is 4. The molecule has 2 rings (SSSR count). The first-order chi connectivity index (χ1) is 5.77. The van der Waals surface area contributed by atoms with Crippen LogP contribution in [0.5, 0.6) is 0 Å². The maximum absolute atomic E-state index is 11.0. The van der Waals surface area contributed by atoms with E-state index < -0.39 is 0 Å². The number of aryl methyl sites for hydroxylation is 1. The minimum atomic E-state index is 0.112. The van der Waals surface area contributed by atoms with Crippen molar-refractivity contribution in [2.45, 2.75) is 26.3 Å². The summed E-state index contributed by atoms with van der Waals surface area (Å²) >= 11 is 0. The van der Waals surface area contributed by atoms with E-state index in [1.54, 1.807) is 11.6 Å². The fourth-order valence-electron chi connectivity index (χ4n) is 1.48. The summed E-state index contributed by atoms with van der Waals surface area (Å²) in [5.74, 6) is 1.24. The first-order valence-electron chi connectivity index (χ1n) is 4.03. The van der Waals surface area contributed by atoms with Crippen LogP contribution in [0.3, 0.4) is 0 Å². The van der Waals surface area contributed by atoms with Crippen LogP contribution in [-0.4, -0.2) is 26.0 Å². The number of Topliss-reactive ketones (excluding diaryl/α,β-unsaturated/α-hetero) is 1. The van der Waals surface area contributed by atoms with E-state index in [1.165, 1.54) is 0 Å². The Morgan fingerprint density at radius 1 is 1.67 bits per heavy atom. The standard InChI is InChI=1S/C7H10N4O/c1-5(12)6-2-3-7-8-9-10-11(7)4-6/h6H,2-4H2,1H3. The molecule has 0 radical (unpaired) electrons. The second-order valence-electron chi connectivity index (χ2n) is 3.12. The Hall–Kier alpha value is -1.26. The van der Waals surface area contributed by atoms with Gasteiger partial charge in [-0.2, -0.15) is 0 Å². The molecule has 1 aliphatic heterocycles. The van der Waals surface area contributed by atoms with Crippen molar-refractivity contribution < 1.29 is 4.79 Å². The summed E-state index contributed by atoms with van der Waals surface area (Å²) in [5, 5.41) is 11.2. The van der Waals surface area contributed by atoms with Gasteiger partial charge in [0.05, 0.1) is 6.54 Å². The monoisotopic (exact) mass is 166 g/mol. The van der Waals surface area contributed by atoms with Gasteiger partial charge in [0, 0.05) is 12.3 Å². The predicted octanol–water partition coefficient (Wildman–Crippen LogP) is -0.176. The van der Waals surface area contributed by atoms with Crippen LogP contribution in [0, 0.1) is 5.92 Å². The van der Waals surface area contributed by atoms with E-state index in [4.69, 9.17) is 0 Å². The summed E-state index contributed by atoms with van der Waals surface area (Å²) in [4.78, 5) is 11.0. The zero-order valence-corrected chi connectivity index (χ0v) is 6.90. The summed E-state index contributed by atoms with van der Waals surface area (Å²) in [6, 6.07) is 0. The van der Waals surface area contributed by atoms with Crippen LogP contribution in [0.2, 0.25) is 0 Å². The number of hydrogen-bond donors (Lipinski definition) is 0. The maximum Gasteiger partial charge on any atom is 0.151 e. The second kappa shape index (κ2) is 2.66. The molecule has 5 nitrogen and oxygen atoms in total. The van der Waals surface area contributed by atoms with Gasteiger partial charge in [0.1, 0.15) is 5.78 Å². The normalized spacial score (nSPS) is 21.9. The van der Waals surface area contributed by atoms with Crippen molar-refractivity contribution in [3.8, 4) is 0 Å². The fraction of sp³-hybridized carbons (Fsp3) is 0.714. The summed E-state index contributed by atoms with van der Waals surface area (Å²) in [6.45, 7) is 2.28. The molecule has 1 atom stereocenters. The third-order valence-corrected chi connectivity index (χ3v) is 2.29. The number of carbonyl (C=O) groups is 1. The van der Waals surface area contributed by atoms with E-state index in [0.717, 1.165) is 18.7 Å². The number of nitrogens with zero attached hydrogens (tertiary/aromatic N) is 4. The van der Waals surface area contributed by atoms with Crippen LogP contribution >= 0.6 is 0 Å². The number of rotatable bonds is 1. The molecule has 0 fully saturated rings. The van der Waals surface area contributed by atoms with Crippen molar-refractivity contribution in [1.29, 1.82) is 0 Å². The van der Waals surface area contributed by atoms with E-state index in [1.807, 2.05) is 0 Å². The summed E-state index contributed by atoms with van der Waals surface area (Å²) in [7, 11) is 0. The highest BCUT2D eigenvalue weighted by atomic mass is 16.1. The highest BCUT2D eigenvalue weighted by molar-refractivity contribution is 5.78. The average molecular weight is 166 g/mol. The van der Waals surface area contributed by atoms with E-state index in [2.05, 4.69) is 15.5 Å². The van der Waals surface area contributed by atoms with E-state index >= 15 is 0 Å². The highest BCUT2D eigenvalue weighted by Gasteiger charge is 2.23. The van der Waals surface area contributed by atoms with Crippen LogP contribution in [0.15, 0.2) is 0 Å². The predicted molar refractivity (Wildman–Crippen MR) is 40.3 cm³/mol. The number of fused-ring (bicyclic) bond motifs is 1. The third-order valence-electron chi connectivity index (χ3n) is 2.29. The van der Waals surface area contributed by atoms with Crippen LogP contribution in [0.1, 0.15) is 19.2 Å². The van der Waals surface area contributed by atoms with Crippen molar-refractivity contribution in [2.75, 3.05) is 0 Å². The molecular formula is C7H10N4O. The molecule has 1 aromatic rings. The highest BCUT2D eigenvalue weighted by Crippen LogP contribution is 2.17. The topological polar surface area (TPSA) is 60.7 Å². The number of carbonyl (C=O) groups excluding carboxylic acids is 1. The van der Waals surface area contributed by atoms with E-state index in [-0.39, 0.29) is 11.7 Å². The van der Waals surface area contributed by atoms with Gasteiger partial charge in [0.2, 0.25) is 0 Å². The van der Waals surface area contributed by atoms with Gasteiger partial charge in [0.15, 0.2) is 5.82 Å². The zero-order valence-electron chi connectivity index (χ0n) is 6.90. The minimum Gasteiger partial charge on any atom is -0.300 e. The number of ketones is 1. The van der Waals surface area contributed by atoms with Crippen molar-refractivity contribution in [3.63, 3.8) is 0 Å². The Balaban J connectivity index is 2.20. The smallest absolute Gasteiger partial charge is 0.151 e. The van der Waals surface area contributed by atoms with Crippen molar-refractivity contribution in [3.05, 3.63) is 5.82 Å². The van der Waals surface area contributed by atoms with Crippen LogP contribution in [0.25, 0.3) is 0 Å². The van der Waals surface area contributed by atoms with Gasteiger partial charge in [-0.3, -0.25) is 4.79 Å². The molecule has 1 aromatic heterocycles. The SMILES string of the molecule is CC(=O)C1CCc2nnnn2C1. The van der Waals surface area contributed by atoms with Gasteiger partial charge in [-0.05, 0) is 23.8 Å². The van der Waals surface area contributed by atoms with Crippen molar-refractivity contribution >= 4 is 5.78 Å². The van der Waals surface area contributed by atoms with Gasteiger partial charge in [-0.1, -0.05) is 0 Å². The number of tetrazole rings is 1. The lowest BCUT2D eigenvalue weighted by atomic mass is 9.96. The van der Waals surface area contributed by atoms with Gasteiger partial charge < -0.3 is 0 Å². The molecule has 1 aliphatic rings. The first-order valence-corrected chi connectivity index (χ1v) is 4.03. The Labute approximate surface area is 69.8 Å². The quantitative estimate of drug-likeness (QED) is 0.581. The number of aromatic nitrogens is 4. The average Bonchev–Trinajstić information content (AvgIpc) is 2.49. The lowest BCUT2D eigenvalue weighted by molar-refractivity contribution is -0.121. The molecule has 0 aromatic carbocycles. The van der Waals surface area contributed by atoms with Crippen molar-refractivity contribution in [2.24, 2.45) is 5.92 Å². The Bertz CT molecular complexity index is 306. The minimum absolute atomic E-state index is 0.112. The van der Waals surface area contributed by atoms with E-state index in [0.29, 0.717) is 6.54 Å². The molecule has 0 amide bonds. The molecule has 0 spiro atoms. The molecule has 0 saturated heterocycles. The zero-order chi connectivity index (χ0) is 8.55. The Kier molecular flexibility index (Phi) is 1.64. The van der Waals surface area contributed by atoms with Crippen molar-refractivity contribution in [1.82, 2.24) is 20.2 Å². The van der Waals surface area contributed by atoms with Crippen LogP contribution in [-0.2, 0) is 17.8 Å². The Morgan fingerprint density at radius 3 is 3.25 bits per heavy atom. The lowest BCUT2D eigenvalue weighted by Crippen LogP contribution is -2.26. The summed E-state index contributed by atoms with van der Waals surface area (Å²) in [5.41, 5.74) is 0. The van der Waals surface area contributed by atoms with E-state index in [9.17, 15) is 4.79 Å². The maximum atomic E-state index is 11.0. The molecule has 12 heavy (non-hydrogen) atoms. The molecular weight excluding hydrogens is 156 g/mol. The molecule has 5 heteroatoms.